The third-order valence-electron chi connectivity index (χ3n) is 5.66. The maximum Gasteiger partial charge on any atom is 0.221 e. The maximum atomic E-state index is 11.5. The van der Waals surface area contributed by atoms with Crippen molar-refractivity contribution in [1.82, 2.24) is 20.4 Å². The van der Waals surface area contributed by atoms with Gasteiger partial charge in [0.2, 0.25) is 5.91 Å². The van der Waals surface area contributed by atoms with E-state index in [4.69, 9.17) is 10.5 Å². The van der Waals surface area contributed by atoms with Gasteiger partial charge < -0.3 is 26.0 Å². The predicted octanol–water partition coefficient (Wildman–Crippen LogP) is 1.02. The second-order valence-electron chi connectivity index (χ2n) is 8.30. The highest BCUT2D eigenvalue weighted by molar-refractivity contribution is 5.79. The van der Waals surface area contributed by atoms with Gasteiger partial charge in [-0.25, -0.2) is 0 Å². The normalized spacial score (nSPS) is 17.7. The monoisotopic (exact) mass is 432 g/mol. The summed E-state index contributed by atoms with van der Waals surface area (Å²) in [7, 11) is 5.65. The van der Waals surface area contributed by atoms with Crippen molar-refractivity contribution in [2.45, 2.75) is 32.4 Å². The number of ether oxygens (including phenoxy) is 1. The fourth-order valence-corrected chi connectivity index (χ4v) is 3.89. The lowest BCUT2D eigenvalue weighted by molar-refractivity contribution is -0.123. The molecule has 0 spiro atoms. The van der Waals surface area contributed by atoms with Crippen LogP contribution in [0.5, 0.6) is 0 Å². The Morgan fingerprint density at radius 1 is 1.32 bits per heavy atom. The molecule has 4 N–H and O–H groups in total. The lowest BCUT2D eigenvalue weighted by Crippen LogP contribution is -2.41. The molecule has 31 heavy (non-hydrogen) atoms. The number of piperidine rings is 1. The topological polar surface area (TPSA) is 95.2 Å². The van der Waals surface area contributed by atoms with E-state index in [0.29, 0.717) is 6.54 Å². The summed E-state index contributed by atoms with van der Waals surface area (Å²) in [4.78, 5) is 20.5. The number of carbonyl (C=O) groups is 1. The molecular weight excluding hydrogens is 392 g/mol. The minimum absolute atomic E-state index is 0.0213. The van der Waals surface area contributed by atoms with Crippen molar-refractivity contribution in [2.24, 2.45) is 16.6 Å². The van der Waals surface area contributed by atoms with Crippen LogP contribution in [0, 0.1) is 5.92 Å². The van der Waals surface area contributed by atoms with Crippen molar-refractivity contribution in [1.29, 1.82) is 0 Å². The number of guanidine groups is 1. The summed E-state index contributed by atoms with van der Waals surface area (Å²) in [5.74, 6) is 0.603. The van der Waals surface area contributed by atoms with Crippen LogP contribution in [0.2, 0.25) is 0 Å². The molecule has 0 aromatic heterocycles. The number of rotatable bonds is 12. The maximum absolute atomic E-state index is 11.5. The van der Waals surface area contributed by atoms with Crippen molar-refractivity contribution < 1.29 is 9.53 Å². The van der Waals surface area contributed by atoms with E-state index >= 15 is 0 Å². The Hall–Kier alpha value is -2.16. The highest BCUT2D eigenvalue weighted by Gasteiger charge is 2.23. The number of likely N-dealkylation sites (tertiary alicyclic amines) is 1. The number of primary amides is 1. The lowest BCUT2D eigenvalue weighted by Gasteiger charge is -2.31. The first kappa shape index (κ1) is 25.1. The third-order valence-corrected chi connectivity index (χ3v) is 5.66. The number of hydrogen-bond donors (Lipinski definition) is 3. The molecule has 8 nitrogen and oxygen atoms in total. The van der Waals surface area contributed by atoms with Gasteiger partial charge in [0.25, 0.3) is 0 Å². The number of methoxy groups -OCH3 is 1. The van der Waals surface area contributed by atoms with E-state index in [1.54, 1.807) is 14.2 Å². The summed E-state index contributed by atoms with van der Waals surface area (Å²) in [5, 5.41) is 6.76. The van der Waals surface area contributed by atoms with E-state index in [-0.39, 0.29) is 11.8 Å². The molecule has 0 radical (unpaired) electrons. The number of nitrogens with two attached hydrogens (primary N) is 1. The zero-order valence-corrected chi connectivity index (χ0v) is 19.4. The average Bonchev–Trinajstić information content (AvgIpc) is 2.76. The highest BCUT2D eigenvalue weighted by atomic mass is 16.5. The number of nitrogens with one attached hydrogen (secondary N) is 2. The Morgan fingerprint density at radius 3 is 2.87 bits per heavy atom. The molecular formula is C23H40N6O2. The van der Waals surface area contributed by atoms with E-state index < -0.39 is 0 Å². The minimum atomic E-state index is -0.178. The Bertz CT molecular complexity index is 696. The predicted molar refractivity (Wildman–Crippen MR) is 126 cm³/mol. The number of nitrogens with zero attached hydrogens (tertiary/aromatic N) is 3. The largest absolute Gasteiger partial charge is 0.385 e. The van der Waals surface area contributed by atoms with Crippen molar-refractivity contribution in [2.75, 3.05) is 60.5 Å². The van der Waals surface area contributed by atoms with Gasteiger partial charge in [-0.15, -0.1) is 0 Å². The molecule has 8 heteroatoms. The van der Waals surface area contributed by atoms with Crippen LogP contribution in [-0.4, -0.2) is 82.2 Å². The van der Waals surface area contributed by atoms with Crippen LogP contribution >= 0.6 is 0 Å². The zero-order valence-electron chi connectivity index (χ0n) is 19.4. The van der Waals surface area contributed by atoms with Crippen LogP contribution in [0.3, 0.4) is 0 Å². The molecule has 2 rings (SSSR count). The molecule has 1 aliphatic heterocycles. The summed E-state index contributed by atoms with van der Waals surface area (Å²) in [6.07, 6.45) is 2.97. The van der Waals surface area contributed by atoms with Crippen LogP contribution in [-0.2, 0) is 22.6 Å². The first-order chi connectivity index (χ1) is 15.0. The summed E-state index contributed by atoms with van der Waals surface area (Å²) in [5.41, 5.74) is 7.97. The molecule has 0 saturated carbocycles. The molecule has 174 valence electrons. The number of amides is 1. The lowest BCUT2D eigenvalue weighted by atomic mass is 9.97. The van der Waals surface area contributed by atoms with Gasteiger partial charge in [-0.3, -0.25) is 14.7 Å². The van der Waals surface area contributed by atoms with Gasteiger partial charge in [0.05, 0.1) is 5.92 Å². The molecule has 1 aromatic rings. The molecule has 1 fully saturated rings. The minimum Gasteiger partial charge on any atom is -0.385 e. The van der Waals surface area contributed by atoms with Crippen molar-refractivity contribution >= 4 is 11.9 Å². The van der Waals surface area contributed by atoms with Gasteiger partial charge in [0.1, 0.15) is 0 Å². The molecule has 1 heterocycles. The van der Waals surface area contributed by atoms with Crippen molar-refractivity contribution in [3.05, 3.63) is 35.4 Å². The summed E-state index contributed by atoms with van der Waals surface area (Å²) in [6.45, 7) is 6.93. The smallest absolute Gasteiger partial charge is 0.221 e. The molecule has 0 aliphatic carbocycles. The van der Waals surface area contributed by atoms with Gasteiger partial charge in [-0.1, -0.05) is 24.3 Å². The van der Waals surface area contributed by atoms with E-state index in [2.05, 4.69) is 56.7 Å². The Balaban J connectivity index is 1.75. The highest BCUT2D eigenvalue weighted by Crippen LogP contribution is 2.18. The van der Waals surface area contributed by atoms with Crippen LogP contribution in [0.15, 0.2) is 29.3 Å². The quantitative estimate of drug-likeness (QED) is 0.259. The third kappa shape index (κ3) is 9.67. The van der Waals surface area contributed by atoms with Crippen LogP contribution in [0.25, 0.3) is 0 Å². The Labute approximate surface area is 187 Å². The molecule has 1 saturated heterocycles. The van der Waals surface area contributed by atoms with Crippen molar-refractivity contribution in [3.8, 4) is 0 Å². The van der Waals surface area contributed by atoms with Crippen LogP contribution in [0.4, 0.5) is 0 Å². The van der Waals surface area contributed by atoms with Crippen LogP contribution in [0.1, 0.15) is 30.4 Å². The summed E-state index contributed by atoms with van der Waals surface area (Å²) in [6, 6.07) is 8.57. The fourth-order valence-electron chi connectivity index (χ4n) is 3.89. The first-order valence-electron chi connectivity index (χ1n) is 11.2. The molecule has 0 bridgehead atoms. The number of likely N-dealkylation sites (N-methyl/N-ethyl adjacent to an activating group) is 1. The van der Waals surface area contributed by atoms with Gasteiger partial charge in [-0.05, 0) is 44.0 Å². The summed E-state index contributed by atoms with van der Waals surface area (Å²) < 4.78 is 5.10. The molecule has 1 amide bonds. The molecule has 1 aromatic carbocycles. The van der Waals surface area contributed by atoms with Gasteiger partial charge >= 0.3 is 0 Å². The zero-order chi connectivity index (χ0) is 22.5. The van der Waals surface area contributed by atoms with E-state index in [1.807, 2.05) is 0 Å². The molecule has 1 aliphatic rings. The van der Waals surface area contributed by atoms with Gasteiger partial charge in [-0.2, -0.15) is 0 Å². The van der Waals surface area contributed by atoms with E-state index in [0.717, 1.165) is 71.1 Å². The summed E-state index contributed by atoms with van der Waals surface area (Å²) >= 11 is 0. The number of hydrogen-bond acceptors (Lipinski definition) is 5. The van der Waals surface area contributed by atoms with Crippen molar-refractivity contribution in [3.63, 3.8) is 0 Å². The second kappa shape index (κ2) is 14.0. The first-order valence-corrected chi connectivity index (χ1v) is 11.2. The SMILES string of the molecule is CN=C(NCCN(C)CCCOC)NCc1cccc(CN2CCCC(C(N)=O)C2)c1. The van der Waals surface area contributed by atoms with Crippen LogP contribution < -0.4 is 16.4 Å². The van der Waals surface area contributed by atoms with Gasteiger partial charge in [0.15, 0.2) is 5.96 Å². The Kier molecular flexibility index (Phi) is 11.3. The number of carbonyl (C=O) groups excluding carboxylic acids is 1. The van der Waals surface area contributed by atoms with Gasteiger partial charge in [0, 0.05) is 60.0 Å². The standard InChI is InChI=1S/C23H40N6O2/c1-25-23(26-10-13-28(2)11-6-14-31-3)27-16-19-7-4-8-20(15-19)17-29-12-5-9-21(18-29)22(24)30/h4,7-8,15,21H,5-6,9-14,16-18H2,1-3H3,(H2,24,30)(H2,25,26,27). The fraction of sp³-hybridized carbons (Fsp3) is 0.652. The second-order valence-corrected chi connectivity index (χ2v) is 8.30. The average molecular weight is 433 g/mol. The van der Waals surface area contributed by atoms with E-state index in [1.165, 1.54) is 11.1 Å². The number of benzene rings is 1. The molecule has 1 unspecified atom stereocenters. The Morgan fingerprint density at radius 2 is 2.13 bits per heavy atom. The number of aliphatic imine (C=N–C) groups is 1. The molecule has 1 atom stereocenters. The van der Waals surface area contributed by atoms with E-state index in [9.17, 15) is 4.79 Å².